The number of hydrogen-bond donors (Lipinski definition) is 9. The number of ether oxygens (including phenoxy) is 13. The van der Waals surface area contributed by atoms with Crippen LogP contribution in [0.1, 0.15) is 142 Å². The summed E-state index contributed by atoms with van der Waals surface area (Å²) in [6, 6.07) is 9.45. The van der Waals surface area contributed by atoms with Gasteiger partial charge in [-0.15, -0.1) is 0 Å². The smallest absolute Gasteiger partial charge is 0.407 e. The van der Waals surface area contributed by atoms with Crippen LogP contribution in [0.5, 0.6) is 0 Å². The number of aliphatic hydroxyl groups is 5. The van der Waals surface area contributed by atoms with E-state index >= 15 is 0 Å². The highest BCUT2D eigenvalue weighted by Crippen LogP contribution is 2.40. The van der Waals surface area contributed by atoms with E-state index in [0.29, 0.717) is 178 Å². The lowest BCUT2D eigenvalue weighted by atomic mass is 9.76. The zero-order valence-electron chi connectivity index (χ0n) is 74.6. The number of fused-ring (bicyclic) bond motifs is 6. The van der Waals surface area contributed by atoms with Crippen molar-refractivity contribution in [1.82, 2.24) is 39.8 Å². The van der Waals surface area contributed by atoms with Crippen LogP contribution in [0.2, 0.25) is 0 Å². The zero-order valence-corrected chi connectivity index (χ0v) is 74.6. The molecule has 127 heavy (non-hydrogen) atoms. The van der Waals surface area contributed by atoms with Gasteiger partial charge in [0, 0.05) is 89.0 Å². The highest BCUT2D eigenvalue weighted by molar-refractivity contribution is 6.39. The summed E-state index contributed by atoms with van der Waals surface area (Å²) >= 11 is 0. The van der Waals surface area contributed by atoms with Gasteiger partial charge in [-0.05, 0) is 130 Å². The number of rotatable bonds is 38. The van der Waals surface area contributed by atoms with Gasteiger partial charge < -0.3 is 124 Å². The van der Waals surface area contributed by atoms with Gasteiger partial charge in [-0.1, -0.05) is 82.4 Å². The van der Waals surface area contributed by atoms with Gasteiger partial charge in [0.15, 0.2) is 17.0 Å². The number of allylic oxidation sites excluding steroid dienone is 5. The fourth-order valence-electron chi connectivity index (χ4n) is 16.9. The van der Waals surface area contributed by atoms with Crippen molar-refractivity contribution in [3.63, 3.8) is 0 Å². The maximum Gasteiger partial charge on any atom is 0.407 e. The number of Topliss-reactive ketones (excluding diaryl/α,β-unsaturated/α-hetero) is 2. The van der Waals surface area contributed by atoms with E-state index in [1.165, 1.54) is 32.0 Å². The molecule has 16 atom stereocenters. The number of alkyl carbamates (subject to hydrolysis) is 1. The Balaban J connectivity index is 0.544. The Hall–Kier alpha value is -8.64. The number of anilines is 2. The summed E-state index contributed by atoms with van der Waals surface area (Å²) in [6.07, 6.45) is 5.88. The predicted octanol–water partition coefficient (Wildman–Crippen LogP) is 6.13. The van der Waals surface area contributed by atoms with Crippen LogP contribution < -0.4 is 22.5 Å². The Morgan fingerprint density at radius 1 is 0.724 bits per heavy atom. The van der Waals surface area contributed by atoms with Gasteiger partial charge in [-0.2, -0.15) is 10.1 Å². The average Bonchev–Trinajstić information content (AvgIpc) is 1.49. The van der Waals surface area contributed by atoms with E-state index in [1.807, 2.05) is 65.9 Å². The predicted molar refractivity (Wildman–Crippen MR) is 467 cm³/mol. The highest BCUT2D eigenvalue weighted by atomic mass is 16.6. The second-order valence-electron chi connectivity index (χ2n) is 33.8. The van der Waals surface area contributed by atoms with Crippen molar-refractivity contribution in [1.29, 1.82) is 0 Å². The first-order valence-corrected chi connectivity index (χ1v) is 44.4. The zero-order chi connectivity index (χ0) is 91.2. The van der Waals surface area contributed by atoms with Crippen molar-refractivity contribution in [3.05, 3.63) is 107 Å². The van der Waals surface area contributed by atoms with Gasteiger partial charge >= 0.3 is 12.1 Å². The van der Waals surface area contributed by atoms with Crippen LogP contribution in [0.3, 0.4) is 0 Å². The lowest BCUT2D eigenvalue weighted by Crippen LogP contribution is -2.61. The van der Waals surface area contributed by atoms with Crippen LogP contribution in [0.4, 0.5) is 16.6 Å². The standard InChI is InChI=1S/C91H133N11O25/c1-57-14-10-9-11-15-58(2)74(114-7)50-67-21-17-62(6)91(113,127-67)83(108)86(109)101-28-13-12-16-70(101)87(110)124-75(59(3)47-61(5)81(106)82(107)80(105)60(4)46-57)51-71(103)68(92)52-90(112)26-23-73(76(53-90)115-8)126-89(111)95-27-31-117-33-35-119-37-39-121-41-43-123-45-44-122-42-40-120-38-36-118-34-32-116-30-25-77(104)100-29-24-64-48-63(18-19-66(64)55-100)54-102-85-78(84(93)96-56-97-85)79(99-102)65-20-22-72-69(49-65)98-88(94)125-72/h9-11,14-15,18-20,22,47-49,56-57,59-60,62,67-68,70-71,73-76,81-82,103,106-107,112-113H,12-13,16-17,21,23-46,50-55,92H2,1-8H3,(H2,94,98)(H,95,111)(H2,93,96,97)/b11-9+,14-10+,58-15?,61-47+/t57-,59-,60-,62-,67+,68-,70+,71+,73-,74+,75-,76-,81-,82+,90-,91-/m1/s1. The van der Waals surface area contributed by atoms with E-state index in [2.05, 4.69) is 38.5 Å². The van der Waals surface area contributed by atoms with E-state index in [9.17, 15) is 54.3 Å². The van der Waals surface area contributed by atoms with Gasteiger partial charge in [-0.3, -0.25) is 19.2 Å². The van der Waals surface area contributed by atoms with Crippen LogP contribution in [-0.4, -0.2) is 307 Å². The largest absolute Gasteiger partial charge is 0.460 e. The number of esters is 1. The summed E-state index contributed by atoms with van der Waals surface area (Å²) in [5.74, 6) is -8.39. The molecule has 12 N–H and O–H groups in total. The van der Waals surface area contributed by atoms with Crippen LogP contribution in [-0.2, 0) is 105 Å². The molecule has 0 radical (unpaired) electrons. The first-order chi connectivity index (χ1) is 61.1. The molecule has 702 valence electrons. The number of benzene rings is 2. The molecule has 0 unspecified atom stereocenters. The normalized spacial score (nSPS) is 27.2. The number of nitrogens with two attached hydrogens (primary N) is 3. The lowest BCUT2D eigenvalue weighted by Gasteiger charge is -2.43. The molecule has 5 aliphatic rings. The number of nitrogens with zero attached hydrogens (tertiary/aromatic N) is 7. The summed E-state index contributed by atoms with van der Waals surface area (Å²) in [6.45, 7) is 17.6. The second-order valence-corrected chi connectivity index (χ2v) is 33.8. The Kier molecular flexibility index (Phi) is 39.5. The molecule has 1 aliphatic carbocycles. The fourth-order valence-corrected chi connectivity index (χ4v) is 16.9. The number of piperidine rings is 1. The molecular formula is C91H133N11O25. The summed E-state index contributed by atoms with van der Waals surface area (Å²) in [7, 11) is 2.97. The van der Waals surface area contributed by atoms with Gasteiger partial charge in [0.2, 0.25) is 11.7 Å². The quantitative estimate of drug-likeness (QED) is 0.00929. The number of methoxy groups -OCH3 is 2. The third kappa shape index (κ3) is 29.2. The van der Waals surface area contributed by atoms with Crippen LogP contribution >= 0.6 is 0 Å². The van der Waals surface area contributed by atoms with E-state index < -0.39 is 120 Å². The van der Waals surface area contributed by atoms with E-state index in [1.54, 1.807) is 33.9 Å². The lowest BCUT2D eigenvalue weighted by molar-refractivity contribution is -0.265. The molecule has 2 bridgehead atoms. The van der Waals surface area contributed by atoms with Gasteiger partial charge in [0.25, 0.3) is 17.7 Å². The Morgan fingerprint density at radius 3 is 2.06 bits per heavy atom. The minimum atomic E-state index is -2.52. The molecule has 10 rings (SSSR count). The van der Waals surface area contributed by atoms with Gasteiger partial charge in [0.05, 0.1) is 154 Å². The van der Waals surface area contributed by atoms with Crippen molar-refractivity contribution >= 4 is 69.4 Å². The van der Waals surface area contributed by atoms with Crippen molar-refractivity contribution in [3.8, 4) is 11.3 Å². The fraction of sp³-hybridized carbons (Fsp3) is 0.648. The number of amides is 3. The van der Waals surface area contributed by atoms with Crippen molar-refractivity contribution < 1.29 is 120 Å². The number of aliphatic hydroxyl groups excluding tert-OH is 3. The topological polar surface area (TPSA) is 490 Å². The Morgan fingerprint density at radius 2 is 1.39 bits per heavy atom. The van der Waals surface area contributed by atoms with Crippen LogP contribution in [0.15, 0.2) is 94.7 Å². The monoisotopic (exact) mass is 1780 g/mol. The molecule has 7 heterocycles. The molecule has 3 fully saturated rings. The summed E-state index contributed by atoms with van der Waals surface area (Å²) in [4.78, 5) is 99.4. The van der Waals surface area contributed by atoms with Gasteiger partial charge in [-0.25, -0.2) is 24.2 Å². The number of carbonyl (C=O) groups excluding carboxylic acids is 6. The van der Waals surface area contributed by atoms with E-state index in [4.69, 9.17) is 88.3 Å². The third-order valence-corrected chi connectivity index (χ3v) is 24.2. The molecule has 2 saturated heterocycles. The summed E-state index contributed by atoms with van der Waals surface area (Å²) < 4.78 is 82.0. The minimum absolute atomic E-state index is 0.0192. The second kappa shape index (κ2) is 49.9. The van der Waals surface area contributed by atoms with E-state index in [-0.39, 0.29) is 101 Å². The molecule has 0 spiro atoms. The minimum Gasteiger partial charge on any atom is -0.460 e. The number of oxazole rings is 1. The molecule has 2 aromatic carbocycles. The number of carbonyl (C=O) groups is 6. The molecule has 3 amide bonds. The van der Waals surface area contributed by atoms with Crippen LogP contribution in [0.25, 0.3) is 33.4 Å². The molecule has 4 aliphatic heterocycles. The maximum atomic E-state index is 14.7. The first-order valence-electron chi connectivity index (χ1n) is 44.4. The third-order valence-electron chi connectivity index (χ3n) is 24.2. The number of hydrogen-bond acceptors (Lipinski definition) is 32. The van der Waals surface area contributed by atoms with Crippen molar-refractivity contribution in [2.24, 2.45) is 29.4 Å². The highest BCUT2D eigenvalue weighted by Gasteiger charge is 2.54. The maximum absolute atomic E-state index is 14.7. The number of nitrogens with one attached hydrogen (secondary N) is 1. The Bertz CT molecular complexity index is 4500. The number of ketones is 2. The summed E-state index contributed by atoms with van der Waals surface area (Å²) in [5, 5.41) is 67.2. The summed E-state index contributed by atoms with van der Waals surface area (Å²) in [5.41, 5.74) is 24.9. The molecule has 3 aromatic heterocycles. The van der Waals surface area contributed by atoms with Crippen molar-refractivity contribution in [2.75, 3.05) is 151 Å². The molecule has 5 aromatic rings. The molecular weight excluding hydrogens is 1650 g/mol. The number of aromatic nitrogens is 5. The number of nitrogen functional groups attached to an aromatic ring is 2. The van der Waals surface area contributed by atoms with Gasteiger partial charge in [0.1, 0.15) is 53.8 Å². The molecule has 1 saturated carbocycles. The molecule has 36 heteroatoms. The average molecular weight is 1780 g/mol. The SMILES string of the molecule is CO[C@H]1C[C@@H]2CC[C@@H](C)[C@@](O)(O2)C(=O)C(=O)N2CCCC[C@H]2C(=O)O[C@H](C[C@H](O)[C@H](N)C[C@]2(O)CC[C@@H](OC(=O)NCCOCCOCCOCCOCCOCCOCCOCCOCCC(=O)N3CCc4cc(Cn5nc(-c6ccc7oc(N)nc7c6)c6c(N)ncnc65)ccc4C3)[C@H](OC)C2)[C@H](C)/C=C(\C)[C@@H](O)[C@@H](O)C(=O)[C@H](C)C[C@H](C)/C=C/C=C/C=C1C. The number of cyclic esters (lactones) is 1. The van der Waals surface area contributed by atoms with E-state index in [0.717, 1.165) is 33.6 Å². The Labute approximate surface area is 741 Å². The van der Waals surface area contributed by atoms with Crippen LogP contribution in [0, 0.1) is 23.7 Å². The first kappa shape index (κ1) is 101. The molecule has 36 nitrogen and oxygen atoms in total. The van der Waals surface area contributed by atoms with Crippen molar-refractivity contribution in [2.45, 2.75) is 217 Å².